The Morgan fingerprint density at radius 3 is 2.61 bits per heavy atom. The highest BCUT2D eigenvalue weighted by Crippen LogP contribution is 2.15. The van der Waals surface area contributed by atoms with Crippen molar-refractivity contribution >= 4 is 13.8 Å². The first kappa shape index (κ1) is 15.0. The fourth-order valence-electron chi connectivity index (χ4n) is 1.60. The molecule has 0 spiro atoms. The molecule has 1 rings (SSSR count). The number of carbonyl (C=O) groups excluding carboxylic acids is 1. The highest BCUT2D eigenvalue weighted by atomic mass is 31.1. The van der Waals surface area contributed by atoms with Gasteiger partial charge in [0.1, 0.15) is 5.78 Å². The maximum Gasteiger partial charge on any atom is 0.505 e. The second-order valence-electron chi connectivity index (χ2n) is 4.16. The summed E-state index contributed by atoms with van der Waals surface area (Å²) >= 11 is 0. The van der Waals surface area contributed by atoms with E-state index in [-0.39, 0.29) is 5.78 Å². The summed E-state index contributed by atoms with van der Waals surface area (Å²) in [5, 5.41) is 3.09. The average Bonchev–Trinajstić information content (AvgIpc) is 2.36. The Hall–Kier alpha value is -1.09. The van der Waals surface area contributed by atoms with Gasteiger partial charge in [-0.1, -0.05) is 30.3 Å². The fourth-order valence-corrected chi connectivity index (χ4v) is 2.09. The Labute approximate surface area is 108 Å². The monoisotopic (exact) mass is 268 g/mol. The summed E-state index contributed by atoms with van der Waals surface area (Å²) < 4.78 is 10.4. The molecule has 0 radical (unpaired) electrons. The van der Waals surface area contributed by atoms with Crippen LogP contribution in [0.2, 0.25) is 0 Å². The van der Waals surface area contributed by atoms with E-state index < -0.39 is 8.03 Å². The zero-order chi connectivity index (χ0) is 13.2. The summed E-state index contributed by atoms with van der Waals surface area (Å²) in [5.74, 6) is 0.152. The van der Waals surface area contributed by atoms with Crippen LogP contribution in [0.15, 0.2) is 30.3 Å². The van der Waals surface area contributed by atoms with Crippen molar-refractivity contribution in [2.45, 2.75) is 25.8 Å². The molecule has 98 valence electrons. The number of rotatable bonds is 9. The number of benzene rings is 1. The summed E-state index contributed by atoms with van der Waals surface area (Å²) in [5.41, 5.74) is 1.16. The Morgan fingerprint density at radius 1 is 1.22 bits per heavy atom. The predicted molar refractivity (Wildman–Crippen MR) is 71.7 cm³/mol. The van der Waals surface area contributed by atoms with E-state index >= 15 is 0 Å². The quantitative estimate of drug-likeness (QED) is 0.532. The van der Waals surface area contributed by atoms with Crippen LogP contribution in [-0.2, 0) is 15.9 Å². The minimum absolute atomic E-state index is 0.152. The largest absolute Gasteiger partial charge is 0.505 e. The lowest BCUT2D eigenvalue weighted by atomic mass is 10.2. The highest BCUT2D eigenvalue weighted by Gasteiger charge is 2.09. The van der Waals surface area contributed by atoms with Crippen LogP contribution in [0.5, 0.6) is 0 Å². The van der Waals surface area contributed by atoms with Crippen LogP contribution in [0, 0.1) is 0 Å². The van der Waals surface area contributed by atoms with Gasteiger partial charge in [-0.05, 0) is 23.0 Å². The lowest BCUT2D eigenvalue weighted by molar-refractivity contribution is -0.118. The number of hydrogen-bond donors (Lipinski definition) is 2. The average molecular weight is 268 g/mol. The minimum Gasteiger partial charge on any atom is -0.306 e. The molecule has 2 N–H and O–H groups in total. The molecule has 0 fully saturated rings. The third kappa shape index (κ3) is 7.28. The second kappa shape index (κ2) is 8.92. The van der Waals surface area contributed by atoms with Crippen molar-refractivity contribution in [2.24, 2.45) is 0 Å². The maximum atomic E-state index is 11.5. The highest BCUT2D eigenvalue weighted by molar-refractivity contribution is 7.37. The van der Waals surface area contributed by atoms with Crippen LogP contribution < -0.4 is 5.32 Å². The Balaban J connectivity index is 2.05. The van der Waals surface area contributed by atoms with E-state index in [1.54, 1.807) is 0 Å². The van der Waals surface area contributed by atoms with Crippen LogP contribution in [0.1, 0.15) is 24.8 Å². The molecule has 0 amide bonds. The van der Waals surface area contributed by atoms with Crippen molar-refractivity contribution in [1.82, 2.24) is 5.32 Å². The minimum atomic E-state index is -2.05. The predicted octanol–water partition coefficient (Wildman–Crippen LogP) is 2.25. The van der Waals surface area contributed by atoms with Gasteiger partial charge in [-0.25, -0.2) is 0 Å². The van der Waals surface area contributed by atoms with Crippen LogP contribution in [-0.4, -0.2) is 23.4 Å². The van der Waals surface area contributed by atoms with E-state index in [1.165, 1.54) is 0 Å². The van der Waals surface area contributed by atoms with Gasteiger partial charge >= 0.3 is 8.03 Å². The van der Waals surface area contributed by atoms with Gasteiger partial charge in [0.25, 0.3) is 0 Å². The number of nitrogens with one attached hydrogen (secondary N) is 1. The molecular formula is C13H19NO3P+. The Bertz CT molecular complexity index is 381. The van der Waals surface area contributed by atoms with Crippen molar-refractivity contribution in [3.8, 4) is 0 Å². The van der Waals surface area contributed by atoms with Crippen molar-refractivity contribution in [1.29, 1.82) is 0 Å². The van der Waals surface area contributed by atoms with E-state index in [1.807, 2.05) is 30.3 Å². The summed E-state index contributed by atoms with van der Waals surface area (Å²) in [7, 11) is -2.05. The number of carbonyl (C=O) groups is 1. The van der Waals surface area contributed by atoms with E-state index in [0.29, 0.717) is 38.5 Å². The van der Waals surface area contributed by atoms with Crippen molar-refractivity contribution in [3.05, 3.63) is 35.9 Å². The zero-order valence-corrected chi connectivity index (χ0v) is 11.2. The standard InChI is InChI=1S/C13H18NO3P/c15-13(8-4-5-9-18(16)17)11-14-10-12-6-2-1-3-7-12/h1-3,6-7,14H,4-5,8-11H2/p+1. The van der Waals surface area contributed by atoms with E-state index in [2.05, 4.69) is 5.32 Å². The lowest BCUT2D eigenvalue weighted by Crippen LogP contribution is -2.22. The maximum absolute atomic E-state index is 11.5. The molecule has 1 aromatic carbocycles. The smallest absolute Gasteiger partial charge is 0.306 e. The van der Waals surface area contributed by atoms with Gasteiger partial charge in [-0.3, -0.25) is 4.79 Å². The summed E-state index contributed by atoms with van der Waals surface area (Å²) in [6.07, 6.45) is 2.09. The van der Waals surface area contributed by atoms with Crippen molar-refractivity contribution in [2.75, 3.05) is 12.7 Å². The molecule has 4 nitrogen and oxygen atoms in total. The van der Waals surface area contributed by atoms with E-state index in [4.69, 9.17) is 4.89 Å². The first-order valence-electron chi connectivity index (χ1n) is 6.08. The van der Waals surface area contributed by atoms with Gasteiger partial charge in [0.15, 0.2) is 6.16 Å². The topological polar surface area (TPSA) is 66.4 Å². The van der Waals surface area contributed by atoms with Gasteiger partial charge in [-0.2, -0.15) is 4.89 Å². The molecule has 0 aliphatic heterocycles. The first-order chi connectivity index (χ1) is 8.68. The van der Waals surface area contributed by atoms with Crippen LogP contribution in [0.3, 0.4) is 0 Å². The van der Waals surface area contributed by atoms with Gasteiger partial charge < -0.3 is 5.32 Å². The number of ketones is 1. The summed E-state index contributed by atoms with van der Waals surface area (Å²) in [6, 6.07) is 9.91. The van der Waals surface area contributed by atoms with Crippen molar-refractivity contribution in [3.63, 3.8) is 0 Å². The van der Waals surface area contributed by atoms with Gasteiger partial charge in [0.05, 0.1) is 6.54 Å². The second-order valence-corrected chi connectivity index (χ2v) is 5.31. The molecule has 0 heterocycles. The SMILES string of the molecule is O=C(CCCC[P+](=O)O)CNCc1ccccc1. The molecule has 0 aliphatic carbocycles. The summed E-state index contributed by atoms with van der Waals surface area (Å²) in [4.78, 5) is 20.1. The zero-order valence-electron chi connectivity index (χ0n) is 10.3. The fraction of sp³-hybridized carbons (Fsp3) is 0.462. The van der Waals surface area contributed by atoms with E-state index in [9.17, 15) is 9.36 Å². The summed E-state index contributed by atoms with van der Waals surface area (Å²) in [6.45, 7) is 1.05. The molecule has 1 atom stereocenters. The molecule has 0 aromatic heterocycles. The van der Waals surface area contributed by atoms with Gasteiger partial charge in [0.2, 0.25) is 0 Å². The molecular weight excluding hydrogens is 249 g/mol. The molecule has 0 saturated carbocycles. The molecule has 1 aromatic rings. The molecule has 0 bridgehead atoms. The number of Topliss-reactive ketones (excluding diaryl/α,β-unsaturated/α-hetero) is 1. The first-order valence-corrected chi connectivity index (χ1v) is 7.48. The van der Waals surface area contributed by atoms with Crippen LogP contribution in [0.4, 0.5) is 0 Å². The third-order valence-electron chi connectivity index (χ3n) is 2.55. The molecule has 5 heteroatoms. The Kier molecular flexibility index (Phi) is 7.42. The van der Waals surface area contributed by atoms with Crippen LogP contribution >= 0.6 is 8.03 Å². The van der Waals surface area contributed by atoms with Gasteiger partial charge in [0, 0.05) is 13.0 Å². The van der Waals surface area contributed by atoms with Gasteiger partial charge in [-0.15, -0.1) is 0 Å². The lowest BCUT2D eigenvalue weighted by Gasteiger charge is -2.03. The molecule has 1 unspecified atom stereocenters. The van der Waals surface area contributed by atoms with Crippen molar-refractivity contribution < 1.29 is 14.3 Å². The number of unbranched alkanes of at least 4 members (excludes halogenated alkanes) is 1. The van der Waals surface area contributed by atoms with E-state index in [0.717, 1.165) is 5.56 Å². The third-order valence-corrected chi connectivity index (χ3v) is 3.25. The normalized spacial score (nSPS) is 11.3. The number of hydrogen-bond acceptors (Lipinski definition) is 3. The van der Waals surface area contributed by atoms with Crippen LogP contribution in [0.25, 0.3) is 0 Å². The molecule has 18 heavy (non-hydrogen) atoms. The molecule has 0 saturated heterocycles. The Morgan fingerprint density at radius 2 is 1.94 bits per heavy atom. The molecule has 0 aliphatic rings.